The van der Waals surface area contributed by atoms with Crippen molar-refractivity contribution in [3.8, 4) is 0 Å². The number of hydrogen-bond donors (Lipinski definition) is 0. The Morgan fingerprint density at radius 3 is 2.63 bits per heavy atom. The van der Waals surface area contributed by atoms with Gasteiger partial charge in [-0.25, -0.2) is 0 Å². The van der Waals surface area contributed by atoms with Gasteiger partial charge in [0.15, 0.2) is 5.78 Å². The van der Waals surface area contributed by atoms with Crippen molar-refractivity contribution in [3.63, 3.8) is 0 Å². The lowest BCUT2D eigenvalue weighted by Gasteiger charge is -2.27. The van der Waals surface area contributed by atoms with Crippen molar-refractivity contribution in [2.45, 2.75) is 25.7 Å². The van der Waals surface area contributed by atoms with Crippen LogP contribution in [0.2, 0.25) is 5.02 Å². The highest BCUT2D eigenvalue weighted by molar-refractivity contribution is 6.30. The van der Waals surface area contributed by atoms with E-state index in [0.717, 1.165) is 21.7 Å². The fourth-order valence-corrected chi connectivity index (χ4v) is 3.32. The van der Waals surface area contributed by atoms with Crippen LogP contribution in [0.4, 0.5) is 0 Å². The number of carbonyl (C=O) groups excluding carboxylic acids is 1. The molecule has 0 amide bonds. The highest BCUT2D eigenvalue weighted by Gasteiger charge is 2.41. The number of Topliss-reactive ketones (excluding diaryl/α,β-unsaturated/α-hetero) is 1. The van der Waals surface area contributed by atoms with Crippen LogP contribution in [0.15, 0.2) is 42.5 Å². The Morgan fingerprint density at radius 2 is 1.84 bits per heavy atom. The largest absolute Gasteiger partial charge is 0.294 e. The first-order valence-electron chi connectivity index (χ1n) is 6.42. The van der Waals surface area contributed by atoms with E-state index in [4.69, 9.17) is 11.6 Å². The van der Waals surface area contributed by atoms with E-state index in [1.54, 1.807) is 0 Å². The van der Waals surface area contributed by atoms with Crippen LogP contribution in [0, 0.1) is 6.92 Å². The number of benzene rings is 2. The number of aryl methyl sites for hydroxylation is 1. The molecule has 0 spiro atoms. The van der Waals surface area contributed by atoms with Crippen molar-refractivity contribution < 1.29 is 4.79 Å². The molecule has 2 aromatic rings. The van der Waals surface area contributed by atoms with Crippen molar-refractivity contribution in [1.29, 1.82) is 0 Å². The highest BCUT2D eigenvalue weighted by Crippen LogP contribution is 2.45. The molecule has 19 heavy (non-hydrogen) atoms. The molecule has 0 heterocycles. The summed E-state index contributed by atoms with van der Waals surface area (Å²) in [6, 6.07) is 13.8. The summed E-state index contributed by atoms with van der Waals surface area (Å²) in [6.45, 7) is 4.21. The molecule has 0 saturated heterocycles. The van der Waals surface area contributed by atoms with E-state index in [2.05, 4.69) is 19.9 Å². The zero-order valence-electron chi connectivity index (χ0n) is 11.0. The number of fused-ring (bicyclic) bond motifs is 1. The first-order valence-corrected chi connectivity index (χ1v) is 6.79. The molecule has 0 saturated carbocycles. The quantitative estimate of drug-likeness (QED) is 0.743. The molecular formula is C17H15ClO. The predicted molar refractivity (Wildman–Crippen MR) is 78.0 cm³/mol. The fraction of sp³-hybridized carbons (Fsp3) is 0.235. The maximum absolute atomic E-state index is 12.2. The molecule has 1 aliphatic carbocycles. The molecular weight excluding hydrogens is 256 g/mol. The van der Waals surface area contributed by atoms with E-state index in [1.807, 2.05) is 36.4 Å². The van der Waals surface area contributed by atoms with Gasteiger partial charge >= 0.3 is 0 Å². The van der Waals surface area contributed by atoms with Crippen molar-refractivity contribution in [2.24, 2.45) is 0 Å². The van der Waals surface area contributed by atoms with Gasteiger partial charge in [-0.1, -0.05) is 48.9 Å². The van der Waals surface area contributed by atoms with E-state index in [-0.39, 0.29) is 11.2 Å². The van der Waals surface area contributed by atoms with Crippen molar-refractivity contribution >= 4 is 17.4 Å². The lowest BCUT2D eigenvalue weighted by atomic mass is 9.75. The molecule has 0 aromatic heterocycles. The van der Waals surface area contributed by atoms with Gasteiger partial charge in [-0.15, -0.1) is 0 Å². The Morgan fingerprint density at radius 1 is 1.11 bits per heavy atom. The average molecular weight is 271 g/mol. The Kier molecular flexibility index (Phi) is 2.75. The lowest BCUT2D eigenvalue weighted by Crippen LogP contribution is -2.21. The van der Waals surface area contributed by atoms with Gasteiger partial charge in [0.1, 0.15) is 0 Å². The number of rotatable bonds is 1. The summed E-state index contributed by atoms with van der Waals surface area (Å²) in [4.78, 5) is 12.2. The van der Waals surface area contributed by atoms with Gasteiger partial charge in [0, 0.05) is 22.4 Å². The Balaban J connectivity index is 2.25. The number of carbonyl (C=O) groups is 1. The molecule has 2 heteroatoms. The third-order valence-corrected chi connectivity index (χ3v) is 4.37. The van der Waals surface area contributed by atoms with E-state index in [9.17, 15) is 4.79 Å². The molecule has 3 rings (SSSR count). The summed E-state index contributed by atoms with van der Waals surface area (Å²) in [6.07, 6.45) is 0.521. The minimum Gasteiger partial charge on any atom is -0.294 e. The minimum absolute atomic E-state index is 0.220. The van der Waals surface area contributed by atoms with E-state index < -0.39 is 0 Å². The molecule has 0 N–H and O–H groups in total. The van der Waals surface area contributed by atoms with Crippen LogP contribution in [-0.4, -0.2) is 5.78 Å². The van der Waals surface area contributed by atoms with Gasteiger partial charge in [0.2, 0.25) is 0 Å². The molecule has 0 radical (unpaired) electrons. The summed E-state index contributed by atoms with van der Waals surface area (Å²) in [5, 5.41) is 0.721. The van der Waals surface area contributed by atoms with Gasteiger partial charge in [0.05, 0.1) is 0 Å². The summed E-state index contributed by atoms with van der Waals surface area (Å²) >= 11 is 6.14. The van der Waals surface area contributed by atoms with Crippen molar-refractivity contribution in [3.05, 3.63) is 69.7 Å². The smallest absolute Gasteiger partial charge is 0.164 e. The third-order valence-electron chi connectivity index (χ3n) is 4.13. The van der Waals surface area contributed by atoms with E-state index >= 15 is 0 Å². The van der Waals surface area contributed by atoms with Crippen LogP contribution in [0.25, 0.3) is 0 Å². The van der Waals surface area contributed by atoms with Gasteiger partial charge in [0.25, 0.3) is 0 Å². The maximum atomic E-state index is 12.2. The zero-order chi connectivity index (χ0) is 13.6. The van der Waals surface area contributed by atoms with Crippen LogP contribution in [0.3, 0.4) is 0 Å². The van der Waals surface area contributed by atoms with Crippen molar-refractivity contribution in [2.75, 3.05) is 0 Å². The second-order valence-electron chi connectivity index (χ2n) is 5.44. The molecule has 96 valence electrons. The van der Waals surface area contributed by atoms with Gasteiger partial charge in [-0.3, -0.25) is 4.79 Å². The van der Waals surface area contributed by atoms with E-state index in [0.29, 0.717) is 6.42 Å². The van der Waals surface area contributed by atoms with Crippen LogP contribution in [-0.2, 0) is 5.41 Å². The Labute approximate surface area is 118 Å². The molecule has 2 aromatic carbocycles. The van der Waals surface area contributed by atoms with Crippen LogP contribution in [0.5, 0.6) is 0 Å². The molecule has 1 nitrogen and oxygen atoms in total. The first-order chi connectivity index (χ1) is 9.02. The van der Waals surface area contributed by atoms with Crippen molar-refractivity contribution in [1.82, 2.24) is 0 Å². The number of hydrogen-bond acceptors (Lipinski definition) is 1. The number of ketones is 1. The van der Waals surface area contributed by atoms with Gasteiger partial charge in [-0.2, -0.15) is 0 Å². The van der Waals surface area contributed by atoms with Crippen LogP contribution < -0.4 is 0 Å². The summed E-state index contributed by atoms with van der Waals surface area (Å²) in [7, 11) is 0. The predicted octanol–water partition coefficient (Wildman–Crippen LogP) is 4.54. The highest BCUT2D eigenvalue weighted by atomic mass is 35.5. The average Bonchev–Trinajstić information content (AvgIpc) is 2.66. The van der Waals surface area contributed by atoms with Crippen LogP contribution in [0.1, 0.15) is 40.4 Å². The second kappa shape index (κ2) is 4.21. The Bertz CT molecular complexity index is 675. The molecule has 0 fully saturated rings. The fourth-order valence-electron chi connectivity index (χ4n) is 3.15. The maximum Gasteiger partial charge on any atom is 0.164 e. The zero-order valence-corrected chi connectivity index (χ0v) is 11.8. The minimum atomic E-state index is -0.261. The molecule has 0 bridgehead atoms. The lowest BCUT2D eigenvalue weighted by molar-refractivity contribution is 0.0982. The SMILES string of the molecule is Cc1ccc(Cl)cc1C1(C)CC(=O)c2ccccc21. The van der Waals surface area contributed by atoms with Gasteiger partial charge < -0.3 is 0 Å². The summed E-state index contributed by atoms with van der Waals surface area (Å²) in [5.41, 5.74) is 4.03. The standard InChI is InChI=1S/C17H15ClO/c1-11-7-8-12(18)9-15(11)17(2)10-16(19)13-5-3-4-6-14(13)17/h3-9H,10H2,1-2H3. The van der Waals surface area contributed by atoms with E-state index in [1.165, 1.54) is 5.56 Å². The Hall–Kier alpha value is -1.60. The second-order valence-corrected chi connectivity index (χ2v) is 5.87. The first kappa shape index (κ1) is 12.4. The molecule has 1 aliphatic rings. The monoisotopic (exact) mass is 270 g/mol. The third kappa shape index (κ3) is 1.81. The molecule has 1 atom stereocenters. The summed E-state index contributed by atoms with van der Waals surface area (Å²) < 4.78 is 0. The summed E-state index contributed by atoms with van der Waals surface area (Å²) in [5.74, 6) is 0.220. The molecule has 0 aliphatic heterocycles. The van der Waals surface area contributed by atoms with Gasteiger partial charge in [-0.05, 0) is 35.7 Å². The van der Waals surface area contributed by atoms with Crippen LogP contribution >= 0.6 is 11.6 Å². The normalized spacial score (nSPS) is 21.5. The topological polar surface area (TPSA) is 17.1 Å². The number of halogens is 1. The molecule has 1 unspecified atom stereocenters.